The summed E-state index contributed by atoms with van der Waals surface area (Å²) in [6.07, 6.45) is 2.20. The molecule has 1 fully saturated rings. The Morgan fingerprint density at radius 2 is 2.20 bits per heavy atom. The lowest BCUT2D eigenvalue weighted by Gasteiger charge is -2.36. The SMILES string of the molecule is CC1CCC(C)N(C(=O)CC(N)=NO)C1. The van der Waals surface area contributed by atoms with Crippen LogP contribution in [-0.2, 0) is 4.79 Å². The second-order valence-corrected chi connectivity index (χ2v) is 4.35. The first-order chi connectivity index (χ1) is 7.04. The zero-order chi connectivity index (χ0) is 11.4. The molecule has 2 atom stereocenters. The van der Waals surface area contributed by atoms with Crippen LogP contribution in [0, 0.1) is 5.92 Å². The molecule has 0 radical (unpaired) electrons. The largest absolute Gasteiger partial charge is 0.409 e. The number of rotatable bonds is 2. The van der Waals surface area contributed by atoms with Gasteiger partial charge in [0.25, 0.3) is 0 Å². The van der Waals surface area contributed by atoms with Crippen LogP contribution in [0.25, 0.3) is 0 Å². The van der Waals surface area contributed by atoms with Crippen molar-refractivity contribution in [2.45, 2.75) is 39.2 Å². The van der Waals surface area contributed by atoms with E-state index in [1.165, 1.54) is 0 Å². The molecule has 15 heavy (non-hydrogen) atoms. The lowest BCUT2D eigenvalue weighted by Crippen LogP contribution is -2.46. The van der Waals surface area contributed by atoms with Gasteiger partial charge in [-0.15, -0.1) is 0 Å². The number of likely N-dealkylation sites (tertiary alicyclic amines) is 1. The fraction of sp³-hybridized carbons (Fsp3) is 0.800. The molecule has 5 nitrogen and oxygen atoms in total. The zero-order valence-corrected chi connectivity index (χ0v) is 9.31. The topological polar surface area (TPSA) is 78.9 Å². The minimum atomic E-state index is -0.0515. The van der Waals surface area contributed by atoms with Crippen LogP contribution in [0.2, 0.25) is 0 Å². The van der Waals surface area contributed by atoms with Crippen molar-refractivity contribution in [3.05, 3.63) is 0 Å². The average Bonchev–Trinajstić information content (AvgIpc) is 2.21. The molecular weight excluding hydrogens is 194 g/mol. The van der Waals surface area contributed by atoms with Crippen molar-refractivity contribution in [3.63, 3.8) is 0 Å². The number of carbonyl (C=O) groups excluding carboxylic acids is 1. The normalized spacial score (nSPS) is 27.9. The van der Waals surface area contributed by atoms with E-state index in [1.807, 2.05) is 11.8 Å². The van der Waals surface area contributed by atoms with E-state index in [-0.39, 0.29) is 24.2 Å². The number of piperidine rings is 1. The quantitative estimate of drug-likeness (QED) is 0.308. The maximum atomic E-state index is 11.8. The summed E-state index contributed by atoms with van der Waals surface area (Å²) in [6.45, 7) is 4.95. The van der Waals surface area contributed by atoms with Crippen LogP contribution in [0.3, 0.4) is 0 Å². The van der Waals surface area contributed by atoms with Gasteiger partial charge < -0.3 is 15.8 Å². The number of amidine groups is 1. The van der Waals surface area contributed by atoms with Crippen molar-refractivity contribution < 1.29 is 10.0 Å². The lowest BCUT2D eigenvalue weighted by molar-refractivity contribution is -0.134. The molecule has 1 saturated heterocycles. The van der Waals surface area contributed by atoms with Crippen LogP contribution >= 0.6 is 0 Å². The van der Waals surface area contributed by atoms with Gasteiger partial charge in [-0.3, -0.25) is 4.79 Å². The molecule has 0 aromatic carbocycles. The van der Waals surface area contributed by atoms with Gasteiger partial charge in [-0.1, -0.05) is 12.1 Å². The second-order valence-electron chi connectivity index (χ2n) is 4.35. The van der Waals surface area contributed by atoms with Crippen LogP contribution in [-0.4, -0.2) is 34.4 Å². The number of carbonyl (C=O) groups is 1. The molecule has 0 aliphatic carbocycles. The summed E-state index contributed by atoms with van der Waals surface area (Å²) >= 11 is 0. The molecule has 0 aromatic rings. The molecule has 1 aliphatic rings. The van der Waals surface area contributed by atoms with E-state index in [9.17, 15) is 4.79 Å². The molecule has 1 heterocycles. The molecule has 0 spiro atoms. The Kier molecular flexibility index (Phi) is 3.94. The highest BCUT2D eigenvalue weighted by atomic mass is 16.4. The van der Waals surface area contributed by atoms with Crippen LogP contribution in [0.5, 0.6) is 0 Å². The molecule has 0 aromatic heterocycles. The first kappa shape index (κ1) is 11.8. The summed E-state index contributed by atoms with van der Waals surface area (Å²) in [5.41, 5.74) is 5.31. The van der Waals surface area contributed by atoms with Gasteiger partial charge in [0.15, 0.2) is 0 Å². The van der Waals surface area contributed by atoms with Gasteiger partial charge in [-0.05, 0) is 25.7 Å². The molecule has 2 unspecified atom stereocenters. The monoisotopic (exact) mass is 213 g/mol. The highest BCUT2D eigenvalue weighted by Crippen LogP contribution is 2.21. The summed E-state index contributed by atoms with van der Waals surface area (Å²) in [4.78, 5) is 13.6. The highest BCUT2D eigenvalue weighted by Gasteiger charge is 2.26. The average molecular weight is 213 g/mol. The van der Waals surface area contributed by atoms with Crippen molar-refractivity contribution in [3.8, 4) is 0 Å². The molecule has 0 saturated carbocycles. The Labute approximate surface area is 89.9 Å². The Morgan fingerprint density at radius 1 is 1.53 bits per heavy atom. The number of hydrogen-bond acceptors (Lipinski definition) is 3. The summed E-state index contributed by atoms with van der Waals surface area (Å²) < 4.78 is 0. The van der Waals surface area contributed by atoms with E-state index in [4.69, 9.17) is 10.9 Å². The van der Waals surface area contributed by atoms with Crippen molar-refractivity contribution in [1.29, 1.82) is 0 Å². The molecule has 86 valence electrons. The number of nitrogens with two attached hydrogens (primary N) is 1. The van der Waals surface area contributed by atoms with E-state index < -0.39 is 0 Å². The zero-order valence-electron chi connectivity index (χ0n) is 9.31. The van der Waals surface area contributed by atoms with Crippen LogP contribution in [0.1, 0.15) is 33.1 Å². The van der Waals surface area contributed by atoms with Crippen LogP contribution in [0.15, 0.2) is 5.16 Å². The van der Waals surface area contributed by atoms with Gasteiger partial charge in [0.2, 0.25) is 5.91 Å². The third kappa shape index (κ3) is 3.11. The molecule has 3 N–H and O–H groups in total. The Bertz CT molecular complexity index is 265. The van der Waals surface area contributed by atoms with Crippen LogP contribution in [0.4, 0.5) is 0 Å². The fourth-order valence-corrected chi connectivity index (χ4v) is 1.93. The summed E-state index contributed by atoms with van der Waals surface area (Å²) in [6, 6.07) is 0.264. The smallest absolute Gasteiger partial charge is 0.230 e. The number of nitrogens with zero attached hydrogens (tertiary/aromatic N) is 2. The van der Waals surface area contributed by atoms with Crippen molar-refractivity contribution in [2.75, 3.05) is 6.54 Å². The minimum Gasteiger partial charge on any atom is -0.409 e. The lowest BCUT2D eigenvalue weighted by atomic mass is 9.95. The Balaban J connectivity index is 2.57. The summed E-state index contributed by atoms with van der Waals surface area (Å²) in [5.74, 6) is 0.465. The highest BCUT2D eigenvalue weighted by molar-refractivity contribution is 5.98. The maximum absolute atomic E-state index is 11.8. The predicted octanol–water partition coefficient (Wildman–Crippen LogP) is 0.770. The molecular formula is C10H19N3O2. The summed E-state index contributed by atoms with van der Waals surface area (Å²) in [5, 5.41) is 11.2. The van der Waals surface area contributed by atoms with E-state index in [2.05, 4.69) is 12.1 Å². The first-order valence-electron chi connectivity index (χ1n) is 5.30. The van der Waals surface area contributed by atoms with E-state index in [1.54, 1.807) is 0 Å². The third-order valence-electron chi connectivity index (χ3n) is 2.90. The van der Waals surface area contributed by atoms with Gasteiger partial charge >= 0.3 is 0 Å². The van der Waals surface area contributed by atoms with E-state index in [0.29, 0.717) is 5.92 Å². The molecule has 0 bridgehead atoms. The molecule has 1 aliphatic heterocycles. The maximum Gasteiger partial charge on any atom is 0.230 e. The predicted molar refractivity (Wildman–Crippen MR) is 57.6 cm³/mol. The van der Waals surface area contributed by atoms with Crippen molar-refractivity contribution in [2.24, 2.45) is 16.8 Å². The van der Waals surface area contributed by atoms with Gasteiger partial charge in [0, 0.05) is 12.6 Å². The third-order valence-corrected chi connectivity index (χ3v) is 2.90. The Hall–Kier alpha value is -1.26. The number of hydrogen-bond donors (Lipinski definition) is 2. The second kappa shape index (κ2) is 5.00. The van der Waals surface area contributed by atoms with E-state index >= 15 is 0 Å². The van der Waals surface area contributed by atoms with Gasteiger partial charge in [-0.2, -0.15) is 0 Å². The standard InChI is InChI=1S/C10H19N3O2/c1-7-3-4-8(2)13(6-7)10(14)5-9(11)12-15/h7-8,15H,3-6H2,1-2H3,(H2,11,12). The molecule has 1 amide bonds. The Morgan fingerprint density at radius 3 is 2.80 bits per heavy atom. The van der Waals surface area contributed by atoms with Crippen LogP contribution < -0.4 is 5.73 Å². The van der Waals surface area contributed by atoms with Gasteiger partial charge in [-0.25, -0.2) is 0 Å². The van der Waals surface area contributed by atoms with Gasteiger partial charge in [0.05, 0.1) is 6.42 Å². The first-order valence-corrected chi connectivity index (χ1v) is 5.30. The summed E-state index contributed by atoms with van der Waals surface area (Å²) in [7, 11) is 0. The molecule has 5 heteroatoms. The fourth-order valence-electron chi connectivity index (χ4n) is 1.93. The van der Waals surface area contributed by atoms with Crippen molar-refractivity contribution >= 4 is 11.7 Å². The minimum absolute atomic E-state index is 0.00750. The number of oxime groups is 1. The molecule has 1 rings (SSSR count). The van der Waals surface area contributed by atoms with E-state index in [0.717, 1.165) is 19.4 Å². The van der Waals surface area contributed by atoms with Crippen molar-refractivity contribution in [1.82, 2.24) is 4.90 Å². The van der Waals surface area contributed by atoms with Gasteiger partial charge in [0.1, 0.15) is 5.84 Å². The number of amides is 1.